The number of hydrogen-bond acceptors (Lipinski definition) is 5. The molecule has 1 fully saturated rings. The Balaban J connectivity index is 1.16. The van der Waals surface area contributed by atoms with Gasteiger partial charge in [0.25, 0.3) is 5.56 Å². The molecule has 1 atom stereocenters. The second kappa shape index (κ2) is 8.69. The van der Waals surface area contributed by atoms with Crippen LogP contribution in [0.5, 0.6) is 0 Å². The minimum absolute atomic E-state index is 0.00692. The number of piperidine rings is 1. The second-order valence-electron chi connectivity index (χ2n) is 8.40. The molecule has 1 saturated heterocycles. The van der Waals surface area contributed by atoms with E-state index in [0.29, 0.717) is 29.2 Å². The van der Waals surface area contributed by atoms with Crippen molar-refractivity contribution >= 4 is 17.1 Å². The molecule has 3 aromatic rings. The molecule has 7 heteroatoms. The lowest BCUT2D eigenvalue weighted by Gasteiger charge is -2.34. The summed E-state index contributed by atoms with van der Waals surface area (Å²) in [6, 6.07) is 7.68. The Morgan fingerprint density at radius 3 is 2.87 bits per heavy atom. The van der Waals surface area contributed by atoms with E-state index in [1.54, 1.807) is 16.8 Å². The molecule has 0 unspecified atom stereocenters. The van der Waals surface area contributed by atoms with Crippen LogP contribution in [0, 0.1) is 5.82 Å². The van der Waals surface area contributed by atoms with Gasteiger partial charge < -0.3 is 14.8 Å². The Morgan fingerprint density at radius 2 is 2.06 bits per heavy atom. The van der Waals surface area contributed by atoms with E-state index in [1.807, 2.05) is 18.3 Å². The summed E-state index contributed by atoms with van der Waals surface area (Å²) in [6.07, 6.45) is 11.3. The van der Waals surface area contributed by atoms with E-state index in [4.69, 9.17) is 0 Å². The predicted molar refractivity (Wildman–Crippen MR) is 119 cm³/mol. The number of nitrogens with one attached hydrogen (secondary N) is 1. The SMILES string of the molecule is O=c1ccc2ncc(F)c3c2n1C[C@H]3CN1CCC(NC/C=C/c2cccnc2)CC1. The van der Waals surface area contributed by atoms with Gasteiger partial charge in [0.15, 0.2) is 0 Å². The summed E-state index contributed by atoms with van der Waals surface area (Å²) in [7, 11) is 0. The molecule has 0 spiro atoms. The molecule has 5 heterocycles. The molecule has 0 aromatic carbocycles. The van der Waals surface area contributed by atoms with Gasteiger partial charge in [0.2, 0.25) is 0 Å². The third kappa shape index (κ3) is 4.16. The average Bonchev–Trinajstić information content (AvgIpc) is 3.18. The van der Waals surface area contributed by atoms with E-state index in [1.165, 1.54) is 12.3 Å². The van der Waals surface area contributed by atoms with Gasteiger partial charge in [0.05, 0.1) is 17.2 Å². The van der Waals surface area contributed by atoms with Gasteiger partial charge in [-0.25, -0.2) is 4.39 Å². The van der Waals surface area contributed by atoms with E-state index in [2.05, 4.69) is 32.3 Å². The molecule has 1 N–H and O–H groups in total. The fourth-order valence-electron chi connectivity index (χ4n) is 4.83. The van der Waals surface area contributed by atoms with Crippen LogP contribution in [0.4, 0.5) is 4.39 Å². The number of hydrogen-bond donors (Lipinski definition) is 1. The zero-order chi connectivity index (χ0) is 21.2. The third-order valence-corrected chi connectivity index (χ3v) is 6.39. The van der Waals surface area contributed by atoms with Crippen LogP contribution in [0.1, 0.15) is 29.9 Å². The Labute approximate surface area is 180 Å². The van der Waals surface area contributed by atoms with Crippen LogP contribution >= 0.6 is 0 Å². The molecule has 6 nitrogen and oxygen atoms in total. The Bertz CT molecular complexity index is 1150. The fourth-order valence-corrected chi connectivity index (χ4v) is 4.83. The van der Waals surface area contributed by atoms with Crippen LogP contribution in [0.3, 0.4) is 0 Å². The van der Waals surface area contributed by atoms with Crippen LogP contribution in [0.2, 0.25) is 0 Å². The smallest absolute Gasteiger partial charge is 0.251 e. The number of nitrogens with zero attached hydrogens (tertiary/aromatic N) is 4. The minimum atomic E-state index is -0.300. The highest BCUT2D eigenvalue weighted by Crippen LogP contribution is 2.34. The van der Waals surface area contributed by atoms with Gasteiger partial charge in [-0.3, -0.25) is 14.8 Å². The van der Waals surface area contributed by atoms with Crippen molar-refractivity contribution in [3.8, 4) is 0 Å². The largest absolute Gasteiger partial charge is 0.310 e. The number of aromatic nitrogens is 3. The zero-order valence-electron chi connectivity index (χ0n) is 17.4. The Kier molecular flexibility index (Phi) is 5.61. The normalized spacial score (nSPS) is 19.6. The van der Waals surface area contributed by atoms with Gasteiger partial charge in [-0.15, -0.1) is 0 Å². The summed E-state index contributed by atoms with van der Waals surface area (Å²) in [5.41, 5.74) is 3.05. The number of rotatable bonds is 6. The van der Waals surface area contributed by atoms with Crippen LogP contribution in [-0.4, -0.2) is 51.7 Å². The standard InChI is InChI=1S/C24H26FN5O/c25-20-14-28-21-5-6-22(31)30-16-18(23(20)24(21)30)15-29-11-7-19(8-12-29)27-10-2-4-17-3-1-9-26-13-17/h1-6,9,13-14,18-19,27H,7-8,10-12,15-16H2/b4-2+/t18-/m1/s1. The highest BCUT2D eigenvalue weighted by Gasteiger charge is 2.31. The molecular weight excluding hydrogens is 393 g/mol. The molecule has 3 aromatic heterocycles. The van der Waals surface area contributed by atoms with E-state index < -0.39 is 0 Å². The van der Waals surface area contributed by atoms with Crippen molar-refractivity contribution in [3.05, 3.63) is 76.2 Å². The van der Waals surface area contributed by atoms with Crippen LogP contribution < -0.4 is 10.9 Å². The maximum atomic E-state index is 14.6. The van der Waals surface area contributed by atoms with E-state index in [9.17, 15) is 9.18 Å². The molecule has 0 amide bonds. The first-order valence-electron chi connectivity index (χ1n) is 10.9. The number of halogens is 1. The molecule has 0 saturated carbocycles. The van der Waals surface area contributed by atoms with Gasteiger partial charge in [0, 0.05) is 55.6 Å². The average molecular weight is 420 g/mol. The molecular formula is C24H26FN5O. The van der Waals surface area contributed by atoms with Crippen molar-refractivity contribution in [1.82, 2.24) is 24.8 Å². The van der Waals surface area contributed by atoms with E-state index in [-0.39, 0.29) is 17.3 Å². The summed E-state index contributed by atoms with van der Waals surface area (Å²) in [4.78, 5) is 23.0. The first kappa shape index (κ1) is 20.0. The van der Waals surface area contributed by atoms with Crippen molar-refractivity contribution in [2.45, 2.75) is 31.3 Å². The quantitative estimate of drug-likeness (QED) is 0.666. The van der Waals surface area contributed by atoms with E-state index in [0.717, 1.165) is 44.6 Å². The first-order chi connectivity index (χ1) is 15.2. The number of pyridine rings is 3. The van der Waals surface area contributed by atoms with E-state index >= 15 is 0 Å². The molecule has 2 aliphatic rings. The second-order valence-corrected chi connectivity index (χ2v) is 8.40. The fraction of sp³-hybridized carbons (Fsp3) is 0.375. The Morgan fingerprint density at radius 1 is 1.19 bits per heavy atom. The van der Waals surface area contributed by atoms with Crippen molar-refractivity contribution < 1.29 is 4.39 Å². The zero-order valence-corrected chi connectivity index (χ0v) is 17.4. The lowest BCUT2D eigenvalue weighted by Crippen LogP contribution is -2.44. The van der Waals surface area contributed by atoms with Gasteiger partial charge in [0.1, 0.15) is 5.82 Å². The van der Waals surface area contributed by atoms with Gasteiger partial charge in [-0.2, -0.15) is 0 Å². The Hall–Kier alpha value is -2.90. The summed E-state index contributed by atoms with van der Waals surface area (Å²) in [5.74, 6) is -0.307. The lowest BCUT2D eigenvalue weighted by molar-refractivity contribution is 0.186. The maximum absolute atomic E-state index is 14.6. The maximum Gasteiger partial charge on any atom is 0.251 e. The summed E-state index contributed by atoms with van der Waals surface area (Å²) in [5, 5.41) is 3.61. The molecule has 0 radical (unpaired) electrons. The van der Waals surface area contributed by atoms with Gasteiger partial charge >= 0.3 is 0 Å². The van der Waals surface area contributed by atoms with Gasteiger partial charge in [-0.05, 0) is 43.6 Å². The number of likely N-dealkylation sites (tertiary alicyclic amines) is 1. The summed E-state index contributed by atoms with van der Waals surface area (Å²) >= 11 is 0. The molecule has 0 aliphatic carbocycles. The highest BCUT2D eigenvalue weighted by molar-refractivity contribution is 5.80. The molecule has 2 aliphatic heterocycles. The lowest BCUT2D eigenvalue weighted by atomic mass is 9.98. The van der Waals surface area contributed by atoms with Crippen molar-refractivity contribution in [3.63, 3.8) is 0 Å². The molecule has 0 bridgehead atoms. The van der Waals surface area contributed by atoms with Crippen LogP contribution in [0.15, 0.2) is 53.7 Å². The minimum Gasteiger partial charge on any atom is -0.310 e. The monoisotopic (exact) mass is 419 g/mol. The topological polar surface area (TPSA) is 63.1 Å². The highest BCUT2D eigenvalue weighted by atomic mass is 19.1. The third-order valence-electron chi connectivity index (χ3n) is 6.39. The van der Waals surface area contributed by atoms with Crippen molar-refractivity contribution in [1.29, 1.82) is 0 Å². The van der Waals surface area contributed by atoms with Gasteiger partial charge in [-0.1, -0.05) is 18.2 Å². The predicted octanol–water partition coefficient (Wildman–Crippen LogP) is 2.80. The summed E-state index contributed by atoms with van der Waals surface area (Å²) < 4.78 is 16.3. The molecule has 31 heavy (non-hydrogen) atoms. The van der Waals surface area contributed by atoms with Crippen LogP contribution in [-0.2, 0) is 6.54 Å². The first-order valence-corrected chi connectivity index (χ1v) is 10.9. The molecule has 5 rings (SSSR count). The summed E-state index contributed by atoms with van der Waals surface area (Å²) in [6.45, 7) is 4.08. The van der Waals surface area contributed by atoms with Crippen molar-refractivity contribution in [2.75, 3.05) is 26.2 Å². The van der Waals surface area contributed by atoms with Crippen molar-refractivity contribution in [2.24, 2.45) is 0 Å². The molecule has 160 valence electrons. The van der Waals surface area contributed by atoms with Crippen LogP contribution in [0.25, 0.3) is 17.1 Å².